The maximum Gasteiger partial charge on any atom is 0.232 e. The zero-order chi connectivity index (χ0) is 14.8. The van der Waals surface area contributed by atoms with Crippen LogP contribution in [0, 0.1) is 0 Å². The molecule has 1 unspecified atom stereocenters. The first-order valence-corrected chi connectivity index (χ1v) is 7.76. The van der Waals surface area contributed by atoms with E-state index in [0.29, 0.717) is 25.1 Å². The van der Waals surface area contributed by atoms with Crippen LogP contribution in [0.5, 0.6) is 5.75 Å². The van der Waals surface area contributed by atoms with Crippen LogP contribution in [-0.4, -0.2) is 24.7 Å². The van der Waals surface area contributed by atoms with Crippen LogP contribution < -0.4 is 9.64 Å². The number of fused-ring (bicyclic) bond motifs is 1. The number of benzene rings is 1. The van der Waals surface area contributed by atoms with E-state index in [-0.39, 0.29) is 5.91 Å². The molecular formula is C16H17NO3S. The molecule has 1 aliphatic heterocycles. The van der Waals surface area contributed by atoms with Gasteiger partial charge in [0.25, 0.3) is 0 Å². The highest BCUT2D eigenvalue weighted by Gasteiger charge is 2.28. The summed E-state index contributed by atoms with van der Waals surface area (Å²) in [5.74, 6) is 0.746. The minimum atomic E-state index is -0.517. The monoisotopic (exact) mass is 303 g/mol. The molecule has 4 nitrogen and oxygen atoms in total. The molecule has 1 N–H and O–H groups in total. The summed E-state index contributed by atoms with van der Waals surface area (Å²) < 4.78 is 5.23. The zero-order valence-electron chi connectivity index (χ0n) is 11.8. The van der Waals surface area contributed by atoms with Gasteiger partial charge in [-0.2, -0.15) is 0 Å². The van der Waals surface area contributed by atoms with Crippen molar-refractivity contribution in [2.75, 3.05) is 18.6 Å². The van der Waals surface area contributed by atoms with Crippen LogP contribution in [0.2, 0.25) is 0 Å². The van der Waals surface area contributed by atoms with E-state index in [0.717, 1.165) is 16.1 Å². The standard InChI is InChI=1S/C16H17NO3S/c1-20-11-4-5-13-14(9-11)17(7-6-15(13)18)16(19)10-12-3-2-8-21-12/h2-5,8-9,15,18H,6-7,10H2,1H3. The molecule has 0 saturated carbocycles. The third-order valence-electron chi connectivity index (χ3n) is 3.72. The molecule has 0 bridgehead atoms. The van der Waals surface area contributed by atoms with Crippen LogP contribution in [0.3, 0.4) is 0 Å². The number of thiophene rings is 1. The zero-order valence-corrected chi connectivity index (χ0v) is 12.6. The van der Waals surface area contributed by atoms with E-state index in [1.807, 2.05) is 35.7 Å². The van der Waals surface area contributed by atoms with Crippen molar-refractivity contribution in [2.24, 2.45) is 0 Å². The van der Waals surface area contributed by atoms with Crippen LogP contribution in [0.4, 0.5) is 5.69 Å². The molecule has 2 heterocycles. The average Bonchev–Trinajstić information content (AvgIpc) is 3.00. The number of anilines is 1. The van der Waals surface area contributed by atoms with Crippen LogP contribution in [0.15, 0.2) is 35.7 Å². The smallest absolute Gasteiger partial charge is 0.232 e. The molecule has 1 aromatic carbocycles. The Morgan fingerprint density at radius 3 is 3.05 bits per heavy atom. The lowest BCUT2D eigenvalue weighted by Crippen LogP contribution is -2.37. The maximum absolute atomic E-state index is 12.5. The number of rotatable bonds is 3. The molecule has 0 radical (unpaired) electrons. The first-order valence-electron chi connectivity index (χ1n) is 6.88. The number of nitrogens with zero attached hydrogens (tertiary/aromatic N) is 1. The third-order valence-corrected chi connectivity index (χ3v) is 4.60. The minimum absolute atomic E-state index is 0.0545. The fourth-order valence-electron chi connectivity index (χ4n) is 2.61. The molecular weight excluding hydrogens is 286 g/mol. The fourth-order valence-corrected chi connectivity index (χ4v) is 3.31. The van der Waals surface area contributed by atoms with E-state index in [1.165, 1.54) is 0 Å². The van der Waals surface area contributed by atoms with Gasteiger partial charge in [-0.25, -0.2) is 0 Å². The van der Waals surface area contributed by atoms with E-state index in [4.69, 9.17) is 4.74 Å². The van der Waals surface area contributed by atoms with Crippen LogP contribution >= 0.6 is 11.3 Å². The largest absolute Gasteiger partial charge is 0.497 e. The number of carbonyl (C=O) groups excluding carboxylic acids is 1. The Morgan fingerprint density at radius 2 is 2.33 bits per heavy atom. The Balaban J connectivity index is 1.90. The molecule has 110 valence electrons. The number of amides is 1. The van der Waals surface area contributed by atoms with E-state index in [9.17, 15) is 9.90 Å². The van der Waals surface area contributed by atoms with Crippen molar-refractivity contribution in [1.82, 2.24) is 0 Å². The Morgan fingerprint density at radius 1 is 1.48 bits per heavy atom. The van der Waals surface area contributed by atoms with Crippen LogP contribution in [0.1, 0.15) is 23.0 Å². The van der Waals surface area contributed by atoms with Crippen LogP contribution in [-0.2, 0) is 11.2 Å². The van der Waals surface area contributed by atoms with Gasteiger partial charge in [0.05, 0.1) is 25.3 Å². The van der Waals surface area contributed by atoms with E-state index >= 15 is 0 Å². The van der Waals surface area contributed by atoms with Crippen molar-refractivity contribution in [3.63, 3.8) is 0 Å². The number of ether oxygens (including phenoxy) is 1. The second kappa shape index (κ2) is 5.87. The van der Waals surface area contributed by atoms with Gasteiger partial charge in [-0.3, -0.25) is 4.79 Å². The van der Waals surface area contributed by atoms with Gasteiger partial charge in [0.2, 0.25) is 5.91 Å². The predicted molar refractivity (Wildman–Crippen MR) is 82.9 cm³/mol. The molecule has 21 heavy (non-hydrogen) atoms. The number of carbonyl (C=O) groups is 1. The molecule has 0 spiro atoms. The summed E-state index contributed by atoms with van der Waals surface area (Å²) in [6.45, 7) is 0.533. The second-order valence-electron chi connectivity index (χ2n) is 5.03. The van der Waals surface area contributed by atoms with Crippen molar-refractivity contribution in [2.45, 2.75) is 18.9 Å². The molecule has 0 saturated heterocycles. The summed E-state index contributed by atoms with van der Waals surface area (Å²) in [4.78, 5) is 15.4. The number of hydrogen-bond donors (Lipinski definition) is 1. The van der Waals surface area contributed by atoms with Crippen molar-refractivity contribution in [1.29, 1.82) is 0 Å². The lowest BCUT2D eigenvalue weighted by atomic mass is 9.98. The highest BCUT2D eigenvalue weighted by molar-refractivity contribution is 7.10. The number of aliphatic hydroxyl groups is 1. The number of aliphatic hydroxyl groups excluding tert-OH is 1. The topological polar surface area (TPSA) is 49.8 Å². The predicted octanol–water partition coefficient (Wildman–Crippen LogP) is 2.77. The van der Waals surface area contributed by atoms with Gasteiger partial charge in [0.1, 0.15) is 5.75 Å². The highest BCUT2D eigenvalue weighted by Crippen LogP contribution is 2.36. The molecule has 1 amide bonds. The van der Waals surface area contributed by atoms with Crippen molar-refractivity contribution in [3.05, 3.63) is 46.2 Å². The van der Waals surface area contributed by atoms with Gasteiger partial charge in [0.15, 0.2) is 0 Å². The van der Waals surface area contributed by atoms with Crippen molar-refractivity contribution < 1.29 is 14.6 Å². The number of hydrogen-bond acceptors (Lipinski definition) is 4. The summed E-state index contributed by atoms with van der Waals surface area (Å²) in [5, 5.41) is 12.1. The normalized spacial score (nSPS) is 17.4. The van der Waals surface area contributed by atoms with Gasteiger partial charge in [-0.05, 0) is 23.9 Å². The summed E-state index contributed by atoms with van der Waals surface area (Å²) >= 11 is 1.58. The minimum Gasteiger partial charge on any atom is -0.497 e. The molecule has 0 aliphatic carbocycles. The summed E-state index contributed by atoms with van der Waals surface area (Å²) in [5.41, 5.74) is 1.55. The lowest BCUT2D eigenvalue weighted by Gasteiger charge is -2.32. The van der Waals surface area contributed by atoms with Crippen molar-refractivity contribution >= 4 is 22.9 Å². The van der Waals surface area contributed by atoms with Gasteiger partial charge < -0.3 is 14.7 Å². The lowest BCUT2D eigenvalue weighted by molar-refractivity contribution is -0.118. The molecule has 1 aliphatic rings. The molecule has 1 aromatic heterocycles. The molecule has 0 fully saturated rings. The van der Waals surface area contributed by atoms with Gasteiger partial charge in [0, 0.05) is 23.1 Å². The van der Waals surface area contributed by atoms with Crippen molar-refractivity contribution in [3.8, 4) is 5.75 Å². The average molecular weight is 303 g/mol. The number of methoxy groups -OCH3 is 1. The first-order chi connectivity index (χ1) is 10.2. The van der Waals surface area contributed by atoms with Gasteiger partial charge in [-0.1, -0.05) is 12.1 Å². The highest BCUT2D eigenvalue weighted by atomic mass is 32.1. The Bertz CT molecular complexity index is 639. The quantitative estimate of drug-likeness (QED) is 0.948. The Kier molecular flexibility index (Phi) is 3.94. The molecule has 3 rings (SSSR count). The Hall–Kier alpha value is -1.85. The van der Waals surface area contributed by atoms with E-state index < -0.39 is 6.10 Å². The Labute approximate surface area is 127 Å². The van der Waals surface area contributed by atoms with E-state index in [1.54, 1.807) is 23.3 Å². The maximum atomic E-state index is 12.5. The fraction of sp³-hybridized carbons (Fsp3) is 0.312. The van der Waals surface area contributed by atoms with E-state index in [2.05, 4.69) is 0 Å². The first kappa shape index (κ1) is 14.1. The third kappa shape index (κ3) is 2.80. The summed E-state index contributed by atoms with van der Waals surface area (Å²) in [6, 6.07) is 9.39. The summed E-state index contributed by atoms with van der Waals surface area (Å²) in [6.07, 6.45) is 0.441. The SMILES string of the molecule is COc1ccc2c(c1)N(C(=O)Cc1cccs1)CCC2O. The molecule has 1 atom stereocenters. The summed E-state index contributed by atoms with van der Waals surface area (Å²) in [7, 11) is 1.60. The second-order valence-corrected chi connectivity index (χ2v) is 6.06. The van der Waals surface area contributed by atoms with Gasteiger partial charge in [-0.15, -0.1) is 11.3 Å². The van der Waals surface area contributed by atoms with Crippen LogP contribution in [0.25, 0.3) is 0 Å². The molecule has 2 aromatic rings. The van der Waals surface area contributed by atoms with Gasteiger partial charge >= 0.3 is 0 Å². The molecule has 5 heteroatoms.